The van der Waals surface area contributed by atoms with Crippen molar-refractivity contribution >= 4 is 16.9 Å². The molecule has 0 spiro atoms. The highest BCUT2D eigenvalue weighted by Crippen LogP contribution is 2.15. The number of hydrogen-bond acceptors (Lipinski definition) is 4. The van der Waals surface area contributed by atoms with E-state index < -0.39 is 0 Å². The summed E-state index contributed by atoms with van der Waals surface area (Å²) >= 11 is 0. The fourth-order valence-corrected chi connectivity index (χ4v) is 2.57. The van der Waals surface area contributed by atoms with Crippen molar-refractivity contribution in [3.63, 3.8) is 0 Å². The smallest absolute Gasteiger partial charge is 0.274 e. The van der Waals surface area contributed by atoms with Gasteiger partial charge in [-0.2, -0.15) is 9.90 Å². The summed E-state index contributed by atoms with van der Waals surface area (Å²) in [5, 5.41) is 11.3. The Morgan fingerprint density at radius 3 is 2.68 bits per heavy atom. The van der Waals surface area contributed by atoms with Crippen molar-refractivity contribution in [2.45, 2.75) is 13.0 Å². The zero-order valence-electron chi connectivity index (χ0n) is 13.5. The maximum atomic E-state index is 12.4. The van der Waals surface area contributed by atoms with Crippen LogP contribution in [0.25, 0.3) is 16.7 Å². The second-order valence-electron chi connectivity index (χ2n) is 5.69. The van der Waals surface area contributed by atoms with Crippen LogP contribution in [-0.2, 0) is 0 Å². The molecule has 0 bridgehead atoms. The molecule has 2 aromatic carbocycles. The summed E-state index contributed by atoms with van der Waals surface area (Å²) in [6, 6.07) is 16.9. The maximum Gasteiger partial charge on any atom is 0.274 e. The average Bonchev–Trinajstić information content (AvgIpc) is 3.29. The van der Waals surface area contributed by atoms with E-state index >= 15 is 0 Å². The Labute approximate surface area is 143 Å². The molecule has 0 radical (unpaired) electrons. The van der Waals surface area contributed by atoms with Crippen molar-refractivity contribution in [3.05, 3.63) is 72.3 Å². The number of carbonyl (C=O) groups is 1. The molecule has 2 heterocycles. The molecule has 0 aliphatic heterocycles. The molecule has 2 N–H and O–H groups in total. The number of nitrogens with zero attached hydrogens (tertiary/aromatic N) is 4. The van der Waals surface area contributed by atoms with Gasteiger partial charge in [0.25, 0.3) is 5.91 Å². The summed E-state index contributed by atoms with van der Waals surface area (Å²) < 4.78 is 0. The van der Waals surface area contributed by atoms with Crippen LogP contribution in [0.15, 0.2) is 60.8 Å². The van der Waals surface area contributed by atoms with Crippen LogP contribution >= 0.6 is 0 Å². The molecule has 0 fully saturated rings. The second kappa shape index (κ2) is 6.20. The number of fused-ring (bicyclic) bond motifs is 1. The van der Waals surface area contributed by atoms with Crippen molar-refractivity contribution in [2.75, 3.05) is 0 Å². The van der Waals surface area contributed by atoms with Crippen molar-refractivity contribution in [1.29, 1.82) is 0 Å². The zero-order valence-corrected chi connectivity index (χ0v) is 13.5. The Kier molecular flexibility index (Phi) is 3.74. The number of para-hydroxylation sites is 3. The summed E-state index contributed by atoms with van der Waals surface area (Å²) in [5.74, 6) is 0.403. The molecule has 0 saturated heterocycles. The lowest BCUT2D eigenvalue weighted by Gasteiger charge is -2.09. The van der Waals surface area contributed by atoms with Gasteiger partial charge in [-0.1, -0.05) is 30.3 Å². The number of carbonyl (C=O) groups excluding carboxylic acids is 1. The molecule has 4 aromatic rings. The molecule has 7 heteroatoms. The van der Waals surface area contributed by atoms with E-state index in [-0.39, 0.29) is 17.6 Å². The van der Waals surface area contributed by atoms with Gasteiger partial charge in [0.2, 0.25) is 0 Å². The quantitative estimate of drug-likeness (QED) is 0.601. The number of aromatic amines is 1. The van der Waals surface area contributed by atoms with Gasteiger partial charge in [-0.15, -0.1) is 5.10 Å². The highest BCUT2D eigenvalue weighted by Gasteiger charge is 2.17. The third-order valence-corrected chi connectivity index (χ3v) is 3.88. The molecular weight excluding hydrogens is 316 g/mol. The summed E-state index contributed by atoms with van der Waals surface area (Å²) in [6.45, 7) is 1.87. The van der Waals surface area contributed by atoms with E-state index in [0.717, 1.165) is 16.7 Å². The lowest BCUT2D eigenvalue weighted by atomic mass is 10.3. The topological polar surface area (TPSA) is 88.5 Å². The number of aromatic nitrogens is 5. The van der Waals surface area contributed by atoms with Crippen LogP contribution in [0.3, 0.4) is 0 Å². The third-order valence-electron chi connectivity index (χ3n) is 3.88. The van der Waals surface area contributed by atoms with Crippen molar-refractivity contribution in [1.82, 2.24) is 30.3 Å². The van der Waals surface area contributed by atoms with E-state index in [1.807, 2.05) is 61.5 Å². The van der Waals surface area contributed by atoms with Crippen LogP contribution in [0.2, 0.25) is 0 Å². The number of rotatable bonds is 4. The van der Waals surface area contributed by atoms with Gasteiger partial charge in [0, 0.05) is 0 Å². The van der Waals surface area contributed by atoms with Crippen LogP contribution in [-0.4, -0.2) is 30.9 Å². The van der Waals surface area contributed by atoms with Crippen molar-refractivity contribution < 1.29 is 4.79 Å². The molecule has 0 saturated carbocycles. The summed E-state index contributed by atoms with van der Waals surface area (Å²) in [6.07, 6.45) is 1.45. The predicted octanol–water partition coefficient (Wildman–Crippen LogP) is 2.63. The number of amides is 1. The van der Waals surface area contributed by atoms with Crippen LogP contribution in [0.5, 0.6) is 0 Å². The van der Waals surface area contributed by atoms with Crippen LogP contribution in [0.4, 0.5) is 0 Å². The molecule has 0 aliphatic carbocycles. The fraction of sp³-hybridized carbons (Fsp3) is 0.111. The van der Waals surface area contributed by atoms with E-state index in [2.05, 4.69) is 25.5 Å². The number of benzene rings is 2. The SMILES string of the molecule is CC(NC(=O)c1cnn(-c2ccccc2)n1)c1nc2ccccc2[nH]1. The first-order chi connectivity index (χ1) is 12.2. The Bertz CT molecular complexity index is 987. The lowest BCUT2D eigenvalue weighted by molar-refractivity contribution is 0.0933. The molecule has 1 amide bonds. The van der Waals surface area contributed by atoms with E-state index in [1.54, 1.807) is 0 Å². The molecular formula is C18H16N6O. The van der Waals surface area contributed by atoms with Gasteiger partial charge >= 0.3 is 0 Å². The third kappa shape index (κ3) is 2.99. The van der Waals surface area contributed by atoms with Crippen LogP contribution < -0.4 is 5.32 Å². The van der Waals surface area contributed by atoms with Gasteiger partial charge in [-0.25, -0.2) is 4.98 Å². The van der Waals surface area contributed by atoms with Gasteiger partial charge in [-0.3, -0.25) is 4.79 Å². The number of hydrogen-bond donors (Lipinski definition) is 2. The van der Waals surface area contributed by atoms with Gasteiger partial charge < -0.3 is 10.3 Å². The average molecular weight is 332 g/mol. The Morgan fingerprint density at radius 1 is 1.12 bits per heavy atom. The monoisotopic (exact) mass is 332 g/mol. The minimum absolute atomic E-state index is 0.256. The first kappa shape index (κ1) is 15.1. The van der Waals surface area contributed by atoms with E-state index in [0.29, 0.717) is 5.82 Å². The fourth-order valence-electron chi connectivity index (χ4n) is 2.57. The minimum atomic E-state index is -0.296. The highest BCUT2D eigenvalue weighted by molar-refractivity contribution is 5.92. The Morgan fingerprint density at radius 2 is 1.88 bits per heavy atom. The molecule has 124 valence electrons. The lowest BCUT2D eigenvalue weighted by Crippen LogP contribution is -2.27. The normalized spacial score (nSPS) is 12.2. The first-order valence-corrected chi connectivity index (χ1v) is 7.94. The summed E-state index contributed by atoms with van der Waals surface area (Å²) in [5.41, 5.74) is 2.86. The van der Waals surface area contributed by atoms with E-state index in [1.165, 1.54) is 11.0 Å². The van der Waals surface area contributed by atoms with Gasteiger partial charge in [0.05, 0.1) is 29.0 Å². The second-order valence-corrected chi connectivity index (χ2v) is 5.69. The largest absolute Gasteiger partial charge is 0.341 e. The standard InChI is InChI=1S/C18H16N6O/c1-12(17-21-14-9-5-6-10-15(14)22-17)20-18(25)16-11-19-24(23-16)13-7-3-2-4-8-13/h2-12H,1H3,(H,20,25)(H,21,22). The number of imidazole rings is 1. The molecule has 1 atom stereocenters. The maximum absolute atomic E-state index is 12.4. The number of nitrogens with one attached hydrogen (secondary N) is 2. The summed E-state index contributed by atoms with van der Waals surface area (Å²) in [7, 11) is 0. The van der Waals surface area contributed by atoms with Crippen LogP contribution in [0, 0.1) is 0 Å². The molecule has 2 aromatic heterocycles. The molecule has 1 unspecified atom stereocenters. The first-order valence-electron chi connectivity index (χ1n) is 7.94. The summed E-state index contributed by atoms with van der Waals surface area (Å²) in [4.78, 5) is 21.6. The predicted molar refractivity (Wildman–Crippen MR) is 93.3 cm³/mol. The highest BCUT2D eigenvalue weighted by atomic mass is 16.2. The zero-order chi connectivity index (χ0) is 17.2. The molecule has 0 aliphatic rings. The van der Waals surface area contributed by atoms with Crippen LogP contribution in [0.1, 0.15) is 29.3 Å². The van der Waals surface area contributed by atoms with Crippen molar-refractivity contribution in [3.8, 4) is 5.69 Å². The van der Waals surface area contributed by atoms with Gasteiger partial charge in [-0.05, 0) is 31.2 Å². The molecule has 4 rings (SSSR count). The van der Waals surface area contributed by atoms with Gasteiger partial charge in [0.1, 0.15) is 5.82 Å². The number of H-pyrrole nitrogens is 1. The van der Waals surface area contributed by atoms with Gasteiger partial charge in [0.15, 0.2) is 5.69 Å². The molecule has 7 nitrogen and oxygen atoms in total. The Balaban J connectivity index is 1.51. The Hall–Kier alpha value is -3.48. The van der Waals surface area contributed by atoms with E-state index in [4.69, 9.17) is 0 Å². The molecule has 25 heavy (non-hydrogen) atoms. The van der Waals surface area contributed by atoms with E-state index in [9.17, 15) is 4.79 Å². The minimum Gasteiger partial charge on any atom is -0.341 e. The van der Waals surface area contributed by atoms with Crippen molar-refractivity contribution in [2.24, 2.45) is 0 Å².